The third-order valence-electron chi connectivity index (χ3n) is 3.52. The first-order valence-corrected chi connectivity index (χ1v) is 7.30. The van der Waals surface area contributed by atoms with Crippen LogP contribution < -0.4 is 10.1 Å². The number of para-hydroxylation sites is 1. The summed E-state index contributed by atoms with van der Waals surface area (Å²) in [6, 6.07) is 17.5. The molecule has 0 heterocycles. The van der Waals surface area contributed by atoms with Crippen LogP contribution in [0.15, 0.2) is 54.6 Å². The number of nitrogens with one attached hydrogen (secondary N) is 1. The van der Waals surface area contributed by atoms with E-state index >= 15 is 0 Å². The van der Waals surface area contributed by atoms with E-state index < -0.39 is 5.97 Å². The van der Waals surface area contributed by atoms with Crippen molar-refractivity contribution in [3.05, 3.63) is 65.7 Å². The Bertz CT molecular complexity index is 598. The average molecular weight is 299 g/mol. The summed E-state index contributed by atoms with van der Waals surface area (Å²) >= 11 is 0. The lowest BCUT2D eigenvalue weighted by molar-refractivity contribution is -0.137. The van der Waals surface area contributed by atoms with Crippen LogP contribution in [0.5, 0.6) is 5.75 Å². The molecular weight excluding hydrogens is 278 g/mol. The molecule has 1 unspecified atom stereocenters. The van der Waals surface area contributed by atoms with Gasteiger partial charge >= 0.3 is 5.97 Å². The molecule has 0 aliphatic heterocycles. The summed E-state index contributed by atoms with van der Waals surface area (Å²) in [5.41, 5.74) is 2.15. The molecule has 0 aliphatic carbocycles. The highest BCUT2D eigenvalue weighted by Gasteiger charge is 2.14. The highest BCUT2D eigenvalue weighted by atomic mass is 16.5. The van der Waals surface area contributed by atoms with E-state index in [0.717, 1.165) is 16.9 Å². The number of aliphatic carboxylic acids is 1. The van der Waals surface area contributed by atoms with Gasteiger partial charge in [-0.2, -0.15) is 0 Å². The maximum atomic E-state index is 11.1. The standard InChI is InChI=1S/C18H21NO3/c1-22-17-10-6-5-9-15(17)13-19-16(12-18(20)21)11-14-7-3-2-4-8-14/h2-10,16,19H,11-13H2,1H3,(H,20,21). The Morgan fingerprint density at radius 1 is 1.14 bits per heavy atom. The first-order chi connectivity index (χ1) is 10.7. The minimum absolute atomic E-state index is 0.0873. The first kappa shape index (κ1) is 16.0. The van der Waals surface area contributed by atoms with Crippen LogP contribution in [-0.4, -0.2) is 24.2 Å². The third kappa shape index (κ3) is 4.90. The van der Waals surface area contributed by atoms with E-state index in [-0.39, 0.29) is 12.5 Å². The molecule has 0 saturated heterocycles. The van der Waals surface area contributed by atoms with Gasteiger partial charge in [0.25, 0.3) is 0 Å². The molecule has 0 spiro atoms. The average Bonchev–Trinajstić information content (AvgIpc) is 2.53. The van der Waals surface area contributed by atoms with Gasteiger partial charge in [-0.25, -0.2) is 0 Å². The van der Waals surface area contributed by atoms with Crippen molar-refractivity contribution < 1.29 is 14.6 Å². The minimum atomic E-state index is -0.798. The molecule has 1 atom stereocenters. The molecule has 0 aromatic heterocycles. The predicted molar refractivity (Wildman–Crippen MR) is 86.0 cm³/mol. The zero-order valence-corrected chi connectivity index (χ0v) is 12.7. The second-order valence-electron chi connectivity index (χ2n) is 5.18. The van der Waals surface area contributed by atoms with E-state index in [4.69, 9.17) is 9.84 Å². The van der Waals surface area contributed by atoms with Crippen LogP contribution in [0.1, 0.15) is 17.5 Å². The van der Waals surface area contributed by atoms with Gasteiger partial charge in [0.1, 0.15) is 5.75 Å². The molecule has 4 heteroatoms. The van der Waals surface area contributed by atoms with E-state index in [1.165, 1.54) is 0 Å². The van der Waals surface area contributed by atoms with Gasteiger partial charge in [-0.3, -0.25) is 4.79 Å². The zero-order valence-electron chi connectivity index (χ0n) is 12.7. The van der Waals surface area contributed by atoms with Crippen molar-refractivity contribution in [2.75, 3.05) is 7.11 Å². The summed E-state index contributed by atoms with van der Waals surface area (Å²) in [5, 5.41) is 12.4. The Morgan fingerprint density at radius 2 is 1.82 bits per heavy atom. The molecule has 22 heavy (non-hydrogen) atoms. The Balaban J connectivity index is 2.02. The maximum Gasteiger partial charge on any atom is 0.304 e. The van der Waals surface area contributed by atoms with Gasteiger partial charge in [-0.05, 0) is 18.1 Å². The van der Waals surface area contributed by atoms with E-state index in [0.29, 0.717) is 13.0 Å². The molecule has 0 saturated carbocycles. The molecule has 2 N–H and O–H groups in total. The number of benzene rings is 2. The Labute approximate surface area is 130 Å². The lowest BCUT2D eigenvalue weighted by Crippen LogP contribution is -2.33. The predicted octanol–water partition coefficient (Wildman–Crippen LogP) is 2.87. The molecule has 2 rings (SSSR count). The van der Waals surface area contributed by atoms with Crippen molar-refractivity contribution in [3.63, 3.8) is 0 Å². The number of carboxylic acid groups (broad SMARTS) is 1. The highest BCUT2D eigenvalue weighted by molar-refractivity contribution is 5.67. The largest absolute Gasteiger partial charge is 0.496 e. The fourth-order valence-corrected chi connectivity index (χ4v) is 2.43. The Hall–Kier alpha value is -2.33. The zero-order chi connectivity index (χ0) is 15.8. The number of ether oxygens (including phenoxy) is 1. The topological polar surface area (TPSA) is 58.6 Å². The minimum Gasteiger partial charge on any atom is -0.496 e. The Morgan fingerprint density at radius 3 is 2.50 bits per heavy atom. The van der Waals surface area contributed by atoms with Gasteiger partial charge in [-0.1, -0.05) is 48.5 Å². The van der Waals surface area contributed by atoms with Crippen LogP contribution in [0.3, 0.4) is 0 Å². The summed E-state index contributed by atoms with van der Waals surface area (Å²) < 4.78 is 5.32. The summed E-state index contributed by atoms with van der Waals surface area (Å²) in [5.74, 6) is 0.0113. The highest BCUT2D eigenvalue weighted by Crippen LogP contribution is 2.17. The van der Waals surface area contributed by atoms with E-state index in [1.807, 2.05) is 54.6 Å². The summed E-state index contributed by atoms with van der Waals surface area (Å²) in [6.45, 7) is 0.578. The van der Waals surface area contributed by atoms with Crippen LogP contribution >= 0.6 is 0 Å². The van der Waals surface area contributed by atoms with Crippen molar-refractivity contribution in [1.29, 1.82) is 0 Å². The smallest absolute Gasteiger partial charge is 0.304 e. The van der Waals surface area contributed by atoms with Gasteiger partial charge in [0.05, 0.1) is 13.5 Å². The second kappa shape index (κ2) is 8.20. The van der Waals surface area contributed by atoms with Gasteiger partial charge in [-0.15, -0.1) is 0 Å². The van der Waals surface area contributed by atoms with Gasteiger partial charge in [0.2, 0.25) is 0 Å². The summed E-state index contributed by atoms with van der Waals surface area (Å²) in [4.78, 5) is 11.1. The lowest BCUT2D eigenvalue weighted by Gasteiger charge is -2.18. The molecule has 116 valence electrons. The van der Waals surface area contributed by atoms with Crippen molar-refractivity contribution in [3.8, 4) is 5.75 Å². The monoisotopic (exact) mass is 299 g/mol. The van der Waals surface area contributed by atoms with E-state index in [9.17, 15) is 4.79 Å². The molecule has 2 aromatic carbocycles. The number of hydrogen-bond acceptors (Lipinski definition) is 3. The molecule has 0 bridgehead atoms. The molecule has 0 radical (unpaired) electrons. The van der Waals surface area contributed by atoms with Crippen molar-refractivity contribution >= 4 is 5.97 Å². The fraction of sp³-hybridized carbons (Fsp3) is 0.278. The van der Waals surface area contributed by atoms with Crippen LogP contribution in [0.4, 0.5) is 0 Å². The van der Waals surface area contributed by atoms with Crippen LogP contribution in [-0.2, 0) is 17.8 Å². The number of carbonyl (C=O) groups is 1. The molecule has 0 fully saturated rings. The third-order valence-corrected chi connectivity index (χ3v) is 3.52. The van der Waals surface area contributed by atoms with Crippen LogP contribution in [0, 0.1) is 0 Å². The number of hydrogen-bond donors (Lipinski definition) is 2. The number of rotatable bonds is 8. The fourth-order valence-electron chi connectivity index (χ4n) is 2.43. The molecular formula is C18H21NO3. The molecule has 0 amide bonds. The number of methoxy groups -OCH3 is 1. The van der Waals surface area contributed by atoms with Crippen molar-refractivity contribution in [2.24, 2.45) is 0 Å². The first-order valence-electron chi connectivity index (χ1n) is 7.30. The van der Waals surface area contributed by atoms with Gasteiger partial charge < -0.3 is 15.2 Å². The van der Waals surface area contributed by atoms with Crippen LogP contribution in [0.25, 0.3) is 0 Å². The lowest BCUT2D eigenvalue weighted by atomic mass is 10.0. The van der Waals surface area contributed by atoms with E-state index in [2.05, 4.69) is 5.32 Å². The molecule has 4 nitrogen and oxygen atoms in total. The van der Waals surface area contributed by atoms with Crippen molar-refractivity contribution in [1.82, 2.24) is 5.32 Å². The SMILES string of the molecule is COc1ccccc1CNC(CC(=O)O)Cc1ccccc1. The molecule has 2 aromatic rings. The summed E-state index contributed by atoms with van der Waals surface area (Å²) in [7, 11) is 1.64. The summed E-state index contributed by atoms with van der Waals surface area (Å²) in [6.07, 6.45) is 0.770. The van der Waals surface area contributed by atoms with Crippen LogP contribution in [0.2, 0.25) is 0 Å². The van der Waals surface area contributed by atoms with E-state index in [1.54, 1.807) is 7.11 Å². The number of carboxylic acids is 1. The second-order valence-corrected chi connectivity index (χ2v) is 5.18. The van der Waals surface area contributed by atoms with Crippen molar-refractivity contribution in [2.45, 2.75) is 25.4 Å². The molecule has 0 aliphatic rings. The quantitative estimate of drug-likeness (QED) is 0.787. The maximum absolute atomic E-state index is 11.1. The normalized spacial score (nSPS) is 11.9. The van der Waals surface area contributed by atoms with Gasteiger partial charge in [0.15, 0.2) is 0 Å². The Kier molecular flexibility index (Phi) is 5.98. The van der Waals surface area contributed by atoms with Gasteiger partial charge in [0, 0.05) is 18.2 Å².